The molecule has 2 aromatic rings. The van der Waals surface area contributed by atoms with Crippen LogP contribution in [0.15, 0.2) is 23.7 Å². The van der Waals surface area contributed by atoms with Crippen molar-refractivity contribution in [2.75, 3.05) is 44.2 Å². The molecule has 0 atom stereocenters. The van der Waals surface area contributed by atoms with Crippen LogP contribution in [0.5, 0.6) is 0 Å². The summed E-state index contributed by atoms with van der Waals surface area (Å²) in [5.41, 5.74) is 0. The van der Waals surface area contributed by atoms with Crippen LogP contribution in [0.1, 0.15) is 0 Å². The van der Waals surface area contributed by atoms with Crippen molar-refractivity contribution in [2.45, 2.75) is 6.04 Å². The molecule has 0 amide bonds. The van der Waals surface area contributed by atoms with Gasteiger partial charge in [0.05, 0.1) is 0 Å². The molecule has 0 aliphatic carbocycles. The summed E-state index contributed by atoms with van der Waals surface area (Å²) in [6.45, 7) is 6.90. The van der Waals surface area contributed by atoms with Gasteiger partial charge < -0.3 is 10.2 Å². The summed E-state index contributed by atoms with van der Waals surface area (Å²) < 4.78 is 1.34. The quantitative estimate of drug-likeness (QED) is 0.897. The maximum Gasteiger partial charge on any atom is 0.137 e. The molecule has 2 saturated heterocycles. The molecule has 0 unspecified atom stereocenters. The first kappa shape index (κ1) is 11.6. The molecule has 4 nitrogen and oxygen atoms in total. The van der Waals surface area contributed by atoms with Crippen molar-refractivity contribution in [3.05, 3.63) is 23.7 Å². The Balaban J connectivity index is 1.49. The molecule has 0 spiro atoms. The number of fused-ring (bicyclic) bond motifs is 1. The second kappa shape index (κ2) is 4.74. The van der Waals surface area contributed by atoms with Crippen LogP contribution < -0.4 is 10.2 Å². The van der Waals surface area contributed by atoms with Crippen LogP contribution in [-0.2, 0) is 0 Å². The monoisotopic (exact) mass is 274 g/mol. The zero-order chi connectivity index (χ0) is 12.7. The number of rotatable bonds is 2. The Bertz CT molecular complexity index is 570. The highest BCUT2D eigenvalue weighted by Gasteiger charge is 2.33. The number of nitrogens with one attached hydrogen (secondary N) is 1. The van der Waals surface area contributed by atoms with Gasteiger partial charge in [-0.05, 0) is 17.5 Å². The van der Waals surface area contributed by atoms with Gasteiger partial charge in [-0.2, -0.15) is 0 Å². The van der Waals surface area contributed by atoms with Gasteiger partial charge in [0.25, 0.3) is 0 Å². The summed E-state index contributed by atoms with van der Waals surface area (Å²) in [5, 5.41) is 6.88. The molecule has 0 saturated carbocycles. The van der Waals surface area contributed by atoms with Crippen molar-refractivity contribution in [3.63, 3.8) is 0 Å². The minimum absolute atomic E-state index is 0.720. The third kappa shape index (κ3) is 2.02. The molecule has 0 bridgehead atoms. The van der Waals surface area contributed by atoms with E-state index < -0.39 is 0 Å². The van der Waals surface area contributed by atoms with Gasteiger partial charge in [0.15, 0.2) is 0 Å². The van der Waals surface area contributed by atoms with Crippen LogP contribution in [0.2, 0.25) is 0 Å². The molecule has 2 fully saturated rings. The SMILES string of the molecule is c1cc2sccc2c(N2CC(N3CCNCC3)C2)n1. The average molecular weight is 274 g/mol. The van der Waals surface area contributed by atoms with E-state index in [4.69, 9.17) is 0 Å². The Morgan fingerprint density at radius 1 is 1.21 bits per heavy atom. The normalized spacial score (nSPS) is 21.8. The second-order valence-corrected chi connectivity index (χ2v) is 6.26. The zero-order valence-corrected chi connectivity index (χ0v) is 11.7. The number of nitrogens with zero attached hydrogens (tertiary/aromatic N) is 3. The third-order valence-electron chi connectivity index (χ3n) is 4.19. The third-order valence-corrected chi connectivity index (χ3v) is 5.07. The van der Waals surface area contributed by atoms with Crippen LogP contribution >= 0.6 is 11.3 Å². The van der Waals surface area contributed by atoms with Crippen molar-refractivity contribution < 1.29 is 0 Å². The van der Waals surface area contributed by atoms with E-state index in [0.29, 0.717) is 0 Å². The van der Waals surface area contributed by atoms with Crippen LogP contribution in [0.3, 0.4) is 0 Å². The first-order valence-corrected chi connectivity index (χ1v) is 7.82. The highest BCUT2D eigenvalue weighted by Crippen LogP contribution is 2.31. The second-order valence-electron chi connectivity index (χ2n) is 5.31. The minimum atomic E-state index is 0.720. The van der Waals surface area contributed by atoms with Crippen molar-refractivity contribution >= 4 is 27.2 Å². The van der Waals surface area contributed by atoms with Crippen LogP contribution in [-0.4, -0.2) is 55.2 Å². The van der Waals surface area contributed by atoms with Gasteiger partial charge >= 0.3 is 0 Å². The molecule has 2 aliphatic rings. The molecule has 4 rings (SSSR count). The Hall–Kier alpha value is -1.17. The predicted octanol–water partition coefficient (Wildman–Crippen LogP) is 1.39. The smallest absolute Gasteiger partial charge is 0.137 e. The number of aromatic nitrogens is 1. The van der Waals surface area contributed by atoms with E-state index in [9.17, 15) is 0 Å². The van der Waals surface area contributed by atoms with Crippen molar-refractivity contribution in [3.8, 4) is 0 Å². The number of piperazine rings is 1. The van der Waals surface area contributed by atoms with Gasteiger partial charge in [0, 0.05) is 61.6 Å². The van der Waals surface area contributed by atoms with E-state index in [1.165, 1.54) is 29.0 Å². The van der Waals surface area contributed by atoms with Gasteiger partial charge in [-0.15, -0.1) is 11.3 Å². The van der Waals surface area contributed by atoms with Gasteiger partial charge in [0.1, 0.15) is 5.82 Å². The lowest BCUT2D eigenvalue weighted by Gasteiger charge is -2.47. The Labute approximate surface area is 117 Å². The minimum Gasteiger partial charge on any atom is -0.353 e. The van der Waals surface area contributed by atoms with E-state index >= 15 is 0 Å². The Kier molecular flexibility index (Phi) is 2.90. The number of hydrogen-bond acceptors (Lipinski definition) is 5. The van der Waals surface area contributed by atoms with Crippen molar-refractivity contribution in [2.24, 2.45) is 0 Å². The fraction of sp³-hybridized carbons (Fsp3) is 0.500. The highest BCUT2D eigenvalue weighted by atomic mass is 32.1. The fourth-order valence-corrected chi connectivity index (χ4v) is 3.81. The largest absolute Gasteiger partial charge is 0.353 e. The lowest BCUT2D eigenvalue weighted by molar-refractivity contribution is 0.147. The lowest BCUT2D eigenvalue weighted by atomic mass is 10.1. The fourth-order valence-electron chi connectivity index (χ4n) is 3.04. The van der Waals surface area contributed by atoms with E-state index in [0.717, 1.165) is 32.2 Å². The summed E-state index contributed by atoms with van der Waals surface area (Å²) in [5.74, 6) is 1.17. The first-order valence-electron chi connectivity index (χ1n) is 6.94. The molecular weight excluding hydrogens is 256 g/mol. The molecule has 19 heavy (non-hydrogen) atoms. The predicted molar refractivity (Wildman–Crippen MR) is 80.1 cm³/mol. The summed E-state index contributed by atoms with van der Waals surface area (Å²) in [4.78, 5) is 9.61. The lowest BCUT2D eigenvalue weighted by Crippen LogP contribution is -2.63. The van der Waals surface area contributed by atoms with Crippen LogP contribution in [0.25, 0.3) is 10.1 Å². The molecule has 4 heterocycles. The standard InChI is InChI=1S/C14H18N4S/c1-3-16-14(12-2-8-19-13(1)12)18-9-11(10-18)17-6-4-15-5-7-17/h1-3,8,11,15H,4-7,9-10H2. The van der Waals surface area contributed by atoms with Gasteiger partial charge in [-0.1, -0.05) is 0 Å². The van der Waals surface area contributed by atoms with Crippen molar-refractivity contribution in [1.29, 1.82) is 0 Å². The van der Waals surface area contributed by atoms with Gasteiger partial charge in [-0.25, -0.2) is 4.98 Å². The molecule has 2 aromatic heterocycles. The highest BCUT2D eigenvalue weighted by molar-refractivity contribution is 7.17. The molecule has 100 valence electrons. The summed E-state index contributed by atoms with van der Waals surface area (Å²) in [6.07, 6.45) is 1.94. The number of anilines is 1. The van der Waals surface area contributed by atoms with Crippen LogP contribution in [0.4, 0.5) is 5.82 Å². The molecule has 1 N–H and O–H groups in total. The summed E-state index contributed by atoms with van der Waals surface area (Å²) >= 11 is 1.80. The Morgan fingerprint density at radius 2 is 2.05 bits per heavy atom. The number of hydrogen-bond donors (Lipinski definition) is 1. The number of thiophene rings is 1. The molecule has 0 radical (unpaired) electrons. The topological polar surface area (TPSA) is 31.4 Å². The molecule has 0 aromatic carbocycles. The van der Waals surface area contributed by atoms with Gasteiger partial charge in [-0.3, -0.25) is 4.90 Å². The van der Waals surface area contributed by atoms with Crippen LogP contribution in [0, 0.1) is 0 Å². The molecule has 5 heteroatoms. The summed E-state index contributed by atoms with van der Waals surface area (Å²) in [7, 11) is 0. The van der Waals surface area contributed by atoms with Gasteiger partial charge in [0.2, 0.25) is 0 Å². The number of pyridine rings is 1. The van der Waals surface area contributed by atoms with E-state index in [1.807, 2.05) is 6.20 Å². The summed E-state index contributed by atoms with van der Waals surface area (Å²) in [6, 6.07) is 5.02. The first-order chi connectivity index (χ1) is 9.42. The maximum absolute atomic E-state index is 4.58. The van der Waals surface area contributed by atoms with E-state index in [1.54, 1.807) is 11.3 Å². The maximum atomic E-state index is 4.58. The average Bonchev–Trinajstić information content (AvgIpc) is 2.87. The zero-order valence-electron chi connectivity index (χ0n) is 10.9. The van der Waals surface area contributed by atoms with E-state index in [-0.39, 0.29) is 0 Å². The Morgan fingerprint density at radius 3 is 2.89 bits per heavy atom. The van der Waals surface area contributed by atoms with E-state index in [2.05, 4.69) is 37.6 Å². The molecule has 2 aliphatic heterocycles. The molecular formula is C14H18N4S. The van der Waals surface area contributed by atoms with Crippen molar-refractivity contribution in [1.82, 2.24) is 15.2 Å².